The molecule has 18 heavy (non-hydrogen) atoms. The highest BCUT2D eigenvalue weighted by Crippen LogP contribution is 2.23. The van der Waals surface area contributed by atoms with E-state index < -0.39 is 10.0 Å². The summed E-state index contributed by atoms with van der Waals surface area (Å²) in [5, 5.41) is 0. The predicted octanol–water partition coefficient (Wildman–Crippen LogP) is 1.18. The first-order valence-corrected chi connectivity index (χ1v) is 7.36. The van der Waals surface area contributed by atoms with Gasteiger partial charge in [-0.1, -0.05) is 13.8 Å². The predicted molar refractivity (Wildman–Crippen MR) is 71.4 cm³/mol. The number of hydrogen-bond acceptors (Lipinski definition) is 5. The minimum atomic E-state index is -3.58. The number of hydrazine groups is 1. The summed E-state index contributed by atoms with van der Waals surface area (Å²) >= 11 is 0. The number of nitrogens with one attached hydrogen (secondary N) is 1. The number of anilines is 1. The first-order chi connectivity index (χ1) is 8.48. The fourth-order valence-electron chi connectivity index (χ4n) is 1.76. The van der Waals surface area contributed by atoms with Gasteiger partial charge in [-0.05, 0) is 25.5 Å². The highest BCUT2D eigenvalue weighted by molar-refractivity contribution is 7.89. The number of nitrogens with two attached hydrogens (primary N) is 1. The minimum absolute atomic E-state index is 0.0640. The van der Waals surface area contributed by atoms with Crippen LogP contribution in [-0.2, 0) is 10.0 Å². The third-order valence-electron chi connectivity index (χ3n) is 2.89. The lowest BCUT2D eigenvalue weighted by Gasteiger charge is -2.26. The number of aromatic nitrogens is 1. The van der Waals surface area contributed by atoms with Gasteiger partial charge in [-0.2, -0.15) is 4.31 Å². The van der Waals surface area contributed by atoms with Crippen molar-refractivity contribution in [3.63, 3.8) is 0 Å². The molecule has 6 nitrogen and oxygen atoms in total. The van der Waals surface area contributed by atoms with Gasteiger partial charge < -0.3 is 5.43 Å². The number of nitrogen functional groups attached to an aromatic ring is 1. The van der Waals surface area contributed by atoms with E-state index in [1.165, 1.54) is 16.6 Å². The van der Waals surface area contributed by atoms with Crippen LogP contribution >= 0.6 is 0 Å². The summed E-state index contributed by atoms with van der Waals surface area (Å²) in [4.78, 5) is 4.03. The van der Waals surface area contributed by atoms with E-state index in [1.54, 1.807) is 6.07 Å². The van der Waals surface area contributed by atoms with Crippen LogP contribution in [-0.4, -0.2) is 30.3 Å². The quantitative estimate of drug-likeness (QED) is 0.599. The molecule has 102 valence electrons. The molecule has 3 N–H and O–H groups in total. The van der Waals surface area contributed by atoms with E-state index in [2.05, 4.69) is 10.4 Å². The normalized spacial score (nSPS) is 13.6. The minimum Gasteiger partial charge on any atom is -0.307 e. The van der Waals surface area contributed by atoms with E-state index >= 15 is 0 Å². The van der Waals surface area contributed by atoms with Gasteiger partial charge in [0.2, 0.25) is 10.0 Å². The van der Waals surface area contributed by atoms with Crippen molar-refractivity contribution in [1.82, 2.24) is 9.29 Å². The Balaban J connectivity index is 3.27. The van der Waals surface area contributed by atoms with Gasteiger partial charge in [-0.15, -0.1) is 0 Å². The maximum Gasteiger partial charge on any atom is 0.247 e. The molecule has 0 saturated heterocycles. The summed E-state index contributed by atoms with van der Waals surface area (Å²) in [6.07, 6.45) is 2.24. The molecule has 1 rings (SSSR count). The monoisotopic (exact) mass is 272 g/mol. The summed E-state index contributed by atoms with van der Waals surface area (Å²) in [5.41, 5.74) is 2.32. The third-order valence-corrected chi connectivity index (χ3v) is 5.01. The molecule has 0 aliphatic rings. The smallest absolute Gasteiger partial charge is 0.247 e. The molecule has 1 unspecified atom stereocenters. The molecule has 0 spiro atoms. The number of pyridine rings is 1. The average Bonchev–Trinajstić information content (AvgIpc) is 2.38. The van der Waals surface area contributed by atoms with Gasteiger partial charge in [0.15, 0.2) is 5.82 Å². The zero-order valence-electron chi connectivity index (χ0n) is 10.9. The van der Waals surface area contributed by atoms with Crippen molar-refractivity contribution in [3.05, 3.63) is 18.3 Å². The first-order valence-electron chi connectivity index (χ1n) is 5.92. The van der Waals surface area contributed by atoms with Gasteiger partial charge in [-0.3, -0.25) is 0 Å². The Hall–Kier alpha value is -1.18. The lowest BCUT2D eigenvalue weighted by molar-refractivity contribution is 0.342. The van der Waals surface area contributed by atoms with Crippen molar-refractivity contribution < 1.29 is 8.42 Å². The van der Waals surface area contributed by atoms with E-state index in [9.17, 15) is 8.42 Å². The van der Waals surface area contributed by atoms with Crippen molar-refractivity contribution in [2.24, 2.45) is 5.84 Å². The zero-order valence-corrected chi connectivity index (χ0v) is 11.7. The molecule has 0 saturated carbocycles. The molecular formula is C11H20N4O2S. The van der Waals surface area contributed by atoms with Gasteiger partial charge in [0, 0.05) is 18.8 Å². The maximum absolute atomic E-state index is 12.5. The fraction of sp³-hybridized carbons (Fsp3) is 0.545. The highest BCUT2D eigenvalue weighted by Gasteiger charge is 2.29. The van der Waals surface area contributed by atoms with Gasteiger partial charge >= 0.3 is 0 Å². The van der Waals surface area contributed by atoms with Gasteiger partial charge in [0.25, 0.3) is 0 Å². The van der Waals surface area contributed by atoms with Crippen LogP contribution in [0, 0.1) is 0 Å². The Morgan fingerprint density at radius 3 is 2.67 bits per heavy atom. The SMILES string of the molecule is CCC(C)N(CC)S(=O)(=O)c1cccnc1NN. The van der Waals surface area contributed by atoms with Crippen molar-refractivity contribution in [2.75, 3.05) is 12.0 Å². The molecule has 0 amide bonds. The third kappa shape index (κ3) is 2.80. The standard InChI is InChI=1S/C11H20N4O2S/c1-4-9(3)15(5-2)18(16,17)10-7-6-8-13-11(10)14-12/h6-9H,4-5,12H2,1-3H3,(H,13,14). The lowest BCUT2D eigenvalue weighted by Crippen LogP contribution is -2.38. The van der Waals surface area contributed by atoms with E-state index in [0.29, 0.717) is 6.54 Å². The van der Waals surface area contributed by atoms with Crippen molar-refractivity contribution >= 4 is 15.8 Å². The van der Waals surface area contributed by atoms with Crippen molar-refractivity contribution in [2.45, 2.75) is 38.1 Å². The number of sulfonamides is 1. The number of rotatable bonds is 6. The Morgan fingerprint density at radius 1 is 1.50 bits per heavy atom. The number of nitrogens with zero attached hydrogens (tertiary/aromatic N) is 2. The topological polar surface area (TPSA) is 88.3 Å². The van der Waals surface area contributed by atoms with Crippen molar-refractivity contribution in [3.8, 4) is 0 Å². The van der Waals surface area contributed by atoms with E-state index in [1.807, 2.05) is 20.8 Å². The Kier molecular flexibility index (Phi) is 5.06. The van der Waals surface area contributed by atoms with Crippen LogP contribution in [0.2, 0.25) is 0 Å². The maximum atomic E-state index is 12.5. The van der Waals surface area contributed by atoms with Gasteiger partial charge in [0.1, 0.15) is 4.90 Å². The van der Waals surface area contributed by atoms with Crippen LogP contribution in [0.25, 0.3) is 0 Å². The van der Waals surface area contributed by atoms with Crippen LogP contribution in [0.1, 0.15) is 27.2 Å². The fourth-order valence-corrected chi connectivity index (χ4v) is 3.58. The number of hydrogen-bond donors (Lipinski definition) is 2. The van der Waals surface area contributed by atoms with E-state index in [4.69, 9.17) is 5.84 Å². The lowest BCUT2D eigenvalue weighted by atomic mass is 10.3. The Morgan fingerprint density at radius 2 is 2.17 bits per heavy atom. The largest absolute Gasteiger partial charge is 0.307 e. The van der Waals surface area contributed by atoms with Crippen molar-refractivity contribution in [1.29, 1.82) is 0 Å². The van der Waals surface area contributed by atoms with E-state index in [0.717, 1.165) is 6.42 Å². The van der Waals surface area contributed by atoms with Gasteiger partial charge in [-0.25, -0.2) is 19.2 Å². The molecule has 1 aromatic rings. The second kappa shape index (κ2) is 6.12. The van der Waals surface area contributed by atoms with Gasteiger partial charge in [0.05, 0.1) is 0 Å². The Labute approximate surface area is 108 Å². The van der Waals surface area contributed by atoms with Crippen LogP contribution < -0.4 is 11.3 Å². The molecule has 1 atom stereocenters. The molecule has 0 fully saturated rings. The van der Waals surface area contributed by atoms with Crippen LogP contribution in [0.15, 0.2) is 23.2 Å². The molecule has 0 aromatic carbocycles. The molecular weight excluding hydrogens is 252 g/mol. The second-order valence-corrected chi connectivity index (χ2v) is 5.82. The molecule has 0 aliphatic carbocycles. The second-order valence-electron chi connectivity index (χ2n) is 3.96. The molecule has 7 heteroatoms. The molecule has 1 heterocycles. The molecule has 0 aliphatic heterocycles. The van der Waals surface area contributed by atoms with Crippen LogP contribution in [0.4, 0.5) is 5.82 Å². The Bertz CT molecular complexity index is 490. The average molecular weight is 272 g/mol. The van der Waals surface area contributed by atoms with Crippen LogP contribution in [0.3, 0.4) is 0 Å². The van der Waals surface area contributed by atoms with Crippen LogP contribution in [0.5, 0.6) is 0 Å². The summed E-state index contributed by atoms with van der Waals surface area (Å²) in [6.45, 7) is 6.06. The molecule has 0 bridgehead atoms. The van der Waals surface area contributed by atoms with E-state index in [-0.39, 0.29) is 16.8 Å². The summed E-state index contributed by atoms with van der Waals surface area (Å²) in [5.74, 6) is 5.47. The zero-order chi connectivity index (χ0) is 13.8. The molecule has 0 radical (unpaired) electrons. The summed E-state index contributed by atoms with van der Waals surface area (Å²) in [6, 6.07) is 3.02. The summed E-state index contributed by atoms with van der Waals surface area (Å²) < 4.78 is 26.5. The highest BCUT2D eigenvalue weighted by atomic mass is 32.2. The summed E-state index contributed by atoms with van der Waals surface area (Å²) in [7, 11) is -3.58. The first kappa shape index (κ1) is 14.9. The molecule has 1 aromatic heterocycles.